The van der Waals surface area contributed by atoms with E-state index in [2.05, 4.69) is 19.2 Å². The van der Waals surface area contributed by atoms with E-state index in [0.717, 1.165) is 17.7 Å². The van der Waals surface area contributed by atoms with E-state index in [-0.39, 0.29) is 11.8 Å². The van der Waals surface area contributed by atoms with Crippen LogP contribution in [0, 0.1) is 5.92 Å². The first-order valence-electron chi connectivity index (χ1n) is 9.77. The number of hydrogen-bond acceptors (Lipinski definition) is 3. The summed E-state index contributed by atoms with van der Waals surface area (Å²) in [5, 5.41) is 2.91. The van der Waals surface area contributed by atoms with Crippen LogP contribution in [0.25, 0.3) is 0 Å². The molecule has 5 nitrogen and oxygen atoms in total. The molecular formula is C23H30N2O3. The monoisotopic (exact) mass is 382 g/mol. The van der Waals surface area contributed by atoms with Crippen molar-refractivity contribution < 1.29 is 14.3 Å². The van der Waals surface area contributed by atoms with Gasteiger partial charge in [-0.25, -0.2) is 0 Å². The van der Waals surface area contributed by atoms with Crippen molar-refractivity contribution in [3.8, 4) is 5.75 Å². The van der Waals surface area contributed by atoms with Gasteiger partial charge in [0.1, 0.15) is 5.75 Å². The van der Waals surface area contributed by atoms with Gasteiger partial charge in [0.05, 0.1) is 6.61 Å². The molecule has 0 aliphatic rings. The lowest BCUT2D eigenvalue weighted by atomic mass is 10.1. The molecule has 0 saturated heterocycles. The van der Waals surface area contributed by atoms with Gasteiger partial charge in [0.15, 0.2) is 0 Å². The lowest BCUT2D eigenvalue weighted by molar-refractivity contribution is -0.129. The van der Waals surface area contributed by atoms with Crippen LogP contribution in [-0.2, 0) is 11.3 Å². The van der Waals surface area contributed by atoms with Crippen LogP contribution in [0.15, 0.2) is 48.5 Å². The molecule has 0 heterocycles. The van der Waals surface area contributed by atoms with E-state index >= 15 is 0 Å². The molecule has 2 rings (SSSR count). The van der Waals surface area contributed by atoms with Crippen LogP contribution in [-0.4, -0.2) is 29.9 Å². The molecule has 5 heteroatoms. The first-order chi connectivity index (χ1) is 13.4. The Morgan fingerprint density at radius 3 is 2.43 bits per heavy atom. The predicted octanol–water partition coefficient (Wildman–Crippen LogP) is 4.73. The van der Waals surface area contributed by atoms with Gasteiger partial charge < -0.3 is 15.0 Å². The van der Waals surface area contributed by atoms with Gasteiger partial charge >= 0.3 is 0 Å². The molecule has 2 aromatic carbocycles. The number of anilines is 1. The third-order valence-electron chi connectivity index (χ3n) is 4.47. The summed E-state index contributed by atoms with van der Waals surface area (Å²) in [6.07, 6.45) is 0.998. The second-order valence-corrected chi connectivity index (χ2v) is 7.24. The molecule has 1 N–H and O–H groups in total. The van der Waals surface area contributed by atoms with E-state index in [1.54, 1.807) is 24.0 Å². The predicted molar refractivity (Wildman–Crippen MR) is 113 cm³/mol. The maximum atomic E-state index is 12.5. The van der Waals surface area contributed by atoms with Gasteiger partial charge in [-0.05, 0) is 61.2 Å². The summed E-state index contributed by atoms with van der Waals surface area (Å²) in [5.74, 6) is 1.22. The van der Waals surface area contributed by atoms with Crippen molar-refractivity contribution in [1.29, 1.82) is 0 Å². The Hall–Kier alpha value is -2.82. The van der Waals surface area contributed by atoms with E-state index in [0.29, 0.717) is 36.9 Å². The SMILES string of the molecule is CCN(Cc1cccc(NC(=O)c2ccc(OCCC(C)C)cc2)c1)C(C)=O. The maximum absolute atomic E-state index is 12.5. The molecule has 0 radical (unpaired) electrons. The molecular weight excluding hydrogens is 352 g/mol. The molecule has 0 aliphatic carbocycles. The summed E-state index contributed by atoms with van der Waals surface area (Å²) in [7, 11) is 0. The van der Waals surface area contributed by atoms with Crippen molar-refractivity contribution in [2.75, 3.05) is 18.5 Å². The van der Waals surface area contributed by atoms with Gasteiger partial charge in [0.25, 0.3) is 5.91 Å². The molecule has 0 atom stereocenters. The molecule has 0 saturated carbocycles. The number of nitrogens with one attached hydrogen (secondary N) is 1. The molecule has 28 heavy (non-hydrogen) atoms. The summed E-state index contributed by atoms with van der Waals surface area (Å²) < 4.78 is 5.69. The highest BCUT2D eigenvalue weighted by Gasteiger charge is 2.10. The third kappa shape index (κ3) is 6.72. The lowest BCUT2D eigenvalue weighted by Crippen LogP contribution is -2.27. The number of carbonyl (C=O) groups is 2. The molecule has 0 unspecified atom stereocenters. The number of ether oxygens (including phenoxy) is 1. The quantitative estimate of drug-likeness (QED) is 0.682. The third-order valence-corrected chi connectivity index (χ3v) is 4.47. The summed E-state index contributed by atoms with van der Waals surface area (Å²) >= 11 is 0. The highest BCUT2D eigenvalue weighted by atomic mass is 16.5. The van der Waals surface area contributed by atoms with Gasteiger partial charge in [0, 0.05) is 31.3 Å². The number of benzene rings is 2. The minimum absolute atomic E-state index is 0.0349. The number of carbonyl (C=O) groups excluding carboxylic acids is 2. The average Bonchev–Trinajstić information content (AvgIpc) is 2.66. The molecule has 0 aromatic heterocycles. The van der Waals surface area contributed by atoms with Crippen LogP contribution < -0.4 is 10.1 Å². The Kier molecular flexibility index (Phi) is 8.05. The highest BCUT2D eigenvalue weighted by Crippen LogP contribution is 2.17. The van der Waals surface area contributed by atoms with E-state index in [4.69, 9.17) is 4.74 Å². The van der Waals surface area contributed by atoms with Crippen LogP contribution in [0.5, 0.6) is 5.75 Å². The molecule has 0 spiro atoms. The molecule has 2 amide bonds. The van der Waals surface area contributed by atoms with E-state index in [1.807, 2.05) is 43.3 Å². The molecule has 150 valence electrons. The van der Waals surface area contributed by atoms with Gasteiger partial charge in [0.2, 0.25) is 5.91 Å². The highest BCUT2D eigenvalue weighted by molar-refractivity contribution is 6.04. The summed E-state index contributed by atoms with van der Waals surface area (Å²) in [6.45, 7) is 9.67. The van der Waals surface area contributed by atoms with Gasteiger partial charge in [-0.2, -0.15) is 0 Å². The fourth-order valence-corrected chi connectivity index (χ4v) is 2.73. The van der Waals surface area contributed by atoms with E-state index in [9.17, 15) is 9.59 Å². The molecule has 0 aliphatic heterocycles. The number of nitrogens with zero attached hydrogens (tertiary/aromatic N) is 1. The Balaban J connectivity index is 1.97. The first kappa shape index (κ1) is 21.5. The van der Waals surface area contributed by atoms with Gasteiger partial charge in [-0.15, -0.1) is 0 Å². The zero-order valence-corrected chi connectivity index (χ0v) is 17.2. The van der Waals surface area contributed by atoms with Crippen LogP contribution >= 0.6 is 0 Å². The van der Waals surface area contributed by atoms with Crippen LogP contribution in [0.1, 0.15) is 50.0 Å². The largest absolute Gasteiger partial charge is 0.494 e. The summed E-state index contributed by atoms with van der Waals surface area (Å²) in [6, 6.07) is 14.7. The number of amides is 2. The molecule has 0 bridgehead atoms. The Morgan fingerprint density at radius 2 is 1.82 bits per heavy atom. The number of hydrogen-bond donors (Lipinski definition) is 1. The Bertz CT molecular complexity index is 785. The standard InChI is InChI=1S/C23H30N2O3/c1-5-25(18(4)26)16-19-7-6-8-21(15-19)24-23(27)20-9-11-22(12-10-20)28-14-13-17(2)3/h6-12,15,17H,5,13-14,16H2,1-4H3,(H,24,27). The van der Waals surface area contributed by atoms with E-state index < -0.39 is 0 Å². The average molecular weight is 383 g/mol. The second-order valence-electron chi connectivity index (χ2n) is 7.24. The lowest BCUT2D eigenvalue weighted by Gasteiger charge is -2.19. The van der Waals surface area contributed by atoms with Crippen molar-refractivity contribution in [2.45, 2.75) is 40.7 Å². The Labute approximate surface area is 167 Å². The summed E-state index contributed by atoms with van der Waals surface area (Å²) in [5.41, 5.74) is 2.25. The van der Waals surface area contributed by atoms with Crippen molar-refractivity contribution in [3.63, 3.8) is 0 Å². The zero-order chi connectivity index (χ0) is 20.5. The van der Waals surface area contributed by atoms with Crippen LogP contribution in [0.4, 0.5) is 5.69 Å². The maximum Gasteiger partial charge on any atom is 0.255 e. The van der Waals surface area contributed by atoms with Crippen LogP contribution in [0.3, 0.4) is 0 Å². The normalized spacial score (nSPS) is 10.6. The van der Waals surface area contributed by atoms with Crippen molar-refractivity contribution in [1.82, 2.24) is 4.90 Å². The zero-order valence-electron chi connectivity index (χ0n) is 17.2. The van der Waals surface area contributed by atoms with Gasteiger partial charge in [-0.3, -0.25) is 9.59 Å². The summed E-state index contributed by atoms with van der Waals surface area (Å²) in [4.78, 5) is 25.9. The van der Waals surface area contributed by atoms with Gasteiger partial charge in [-0.1, -0.05) is 26.0 Å². The fourth-order valence-electron chi connectivity index (χ4n) is 2.73. The molecule has 0 fully saturated rings. The first-order valence-corrected chi connectivity index (χ1v) is 9.77. The molecule has 2 aromatic rings. The second kappa shape index (κ2) is 10.5. The Morgan fingerprint density at radius 1 is 1.11 bits per heavy atom. The van der Waals surface area contributed by atoms with Crippen molar-refractivity contribution in [3.05, 3.63) is 59.7 Å². The minimum atomic E-state index is -0.176. The number of rotatable bonds is 9. The minimum Gasteiger partial charge on any atom is -0.494 e. The topological polar surface area (TPSA) is 58.6 Å². The smallest absolute Gasteiger partial charge is 0.255 e. The van der Waals surface area contributed by atoms with Crippen LogP contribution in [0.2, 0.25) is 0 Å². The van der Waals surface area contributed by atoms with E-state index in [1.165, 1.54) is 0 Å². The van der Waals surface area contributed by atoms with Crippen molar-refractivity contribution in [2.24, 2.45) is 5.92 Å². The van der Waals surface area contributed by atoms with Crippen molar-refractivity contribution >= 4 is 17.5 Å². The fraction of sp³-hybridized carbons (Fsp3) is 0.391.